The zero-order chi connectivity index (χ0) is 43.7. The molecular weight excluding hydrogens is 815 g/mol. The quantitative estimate of drug-likeness (QED) is 0.170. The van der Waals surface area contributed by atoms with Crippen LogP contribution in [0, 0.1) is 0 Å². The van der Waals surface area contributed by atoms with Gasteiger partial charge in [0.05, 0.1) is 5.41 Å². The third-order valence-electron chi connectivity index (χ3n) is 15.1. The maximum absolute atomic E-state index is 2.55. The third kappa shape index (κ3) is 5.05. The summed E-state index contributed by atoms with van der Waals surface area (Å²) in [6, 6.07) is 84.8. The Bertz CT molecular complexity index is 3800. The van der Waals surface area contributed by atoms with Crippen LogP contribution in [0.4, 0.5) is 17.1 Å². The van der Waals surface area contributed by atoms with Crippen molar-refractivity contribution in [2.75, 3.05) is 4.90 Å². The zero-order valence-corrected chi connectivity index (χ0v) is 37.5. The Kier molecular flexibility index (Phi) is 7.89. The average molecular weight is 858 g/mol. The Morgan fingerprint density at radius 3 is 1.55 bits per heavy atom. The first-order chi connectivity index (χ1) is 32.5. The number of thiophene rings is 1. The van der Waals surface area contributed by atoms with Gasteiger partial charge in [0.1, 0.15) is 0 Å². The largest absolute Gasteiger partial charge is 0.310 e. The van der Waals surface area contributed by atoms with Gasteiger partial charge in [-0.25, -0.2) is 0 Å². The molecule has 0 N–H and O–H groups in total. The van der Waals surface area contributed by atoms with E-state index in [-0.39, 0.29) is 5.41 Å². The van der Waals surface area contributed by atoms with Gasteiger partial charge in [0.25, 0.3) is 0 Å². The SMILES string of the molecule is CC1(C)c2ccccc2-c2ccc(N(c3ccc(-c4ccccc4)cc3)c3ccc4c(c3)C3(c5ccccc5-c5ccccc5-4)c4ccccc4-c4c3ccc3sc5ccccc5c43)cc21. The number of rotatable bonds is 4. The van der Waals surface area contributed by atoms with E-state index in [2.05, 4.69) is 243 Å². The van der Waals surface area contributed by atoms with Crippen LogP contribution >= 0.6 is 11.3 Å². The van der Waals surface area contributed by atoms with Gasteiger partial charge in [0, 0.05) is 42.6 Å². The molecule has 1 nitrogen and oxygen atoms in total. The maximum Gasteiger partial charge on any atom is 0.0726 e. The van der Waals surface area contributed by atoms with Crippen molar-refractivity contribution in [3.05, 3.63) is 258 Å². The van der Waals surface area contributed by atoms with E-state index in [1.807, 2.05) is 11.3 Å². The maximum atomic E-state index is 2.55. The van der Waals surface area contributed by atoms with Crippen molar-refractivity contribution in [2.45, 2.75) is 24.7 Å². The molecule has 0 saturated heterocycles. The monoisotopic (exact) mass is 857 g/mol. The van der Waals surface area contributed by atoms with Crippen molar-refractivity contribution in [3.8, 4) is 55.6 Å². The van der Waals surface area contributed by atoms with E-state index in [1.165, 1.54) is 109 Å². The van der Waals surface area contributed by atoms with Crippen molar-refractivity contribution in [1.82, 2.24) is 0 Å². The fourth-order valence-corrected chi connectivity index (χ4v) is 13.3. The molecule has 1 spiro atoms. The topological polar surface area (TPSA) is 3.24 Å². The lowest BCUT2D eigenvalue weighted by Crippen LogP contribution is -2.29. The first-order valence-electron chi connectivity index (χ1n) is 23.1. The smallest absolute Gasteiger partial charge is 0.0726 e. The highest BCUT2D eigenvalue weighted by Gasteiger charge is 2.50. The van der Waals surface area contributed by atoms with Crippen LogP contribution in [0.2, 0.25) is 0 Å². The number of benzene rings is 10. The summed E-state index contributed by atoms with van der Waals surface area (Å²) in [6.07, 6.45) is 0. The summed E-state index contributed by atoms with van der Waals surface area (Å²) in [4.78, 5) is 2.50. The van der Waals surface area contributed by atoms with E-state index in [0.29, 0.717) is 0 Å². The molecule has 0 saturated carbocycles. The Labute approximate surface area is 389 Å². The minimum Gasteiger partial charge on any atom is -0.310 e. The van der Waals surface area contributed by atoms with Crippen LogP contribution in [-0.2, 0) is 10.8 Å². The van der Waals surface area contributed by atoms with Gasteiger partial charge in [-0.05, 0) is 138 Å². The highest BCUT2D eigenvalue weighted by Crippen LogP contribution is 2.64. The normalized spacial score (nSPS) is 15.6. The molecule has 3 aliphatic rings. The van der Waals surface area contributed by atoms with Crippen molar-refractivity contribution >= 4 is 48.6 Å². The summed E-state index contributed by atoms with van der Waals surface area (Å²) in [5.74, 6) is 0. The lowest BCUT2D eigenvalue weighted by molar-refractivity contribution is 0.660. The minimum atomic E-state index is -0.630. The molecule has 10 aromatic carbocycles. The number of hydrogen-bond donors (Lipinski definition) is 0. The number of fused-ring (bicyclic) bond motifs is 19. The van der Waals surface area contributed by atoms with Gasteiger partial charge < -0.3 is 4.90 Å². The van der Waals surface area contributed by atoms with E-state index in [1.54, 1.807) is 0 Å². The molecule has 14 rings (SSSR count). The molecule has 0 radical (unpaired) electrons. The fourth-order valence-electron chi connectivity index (χ4n) is 12.2. The minimum absolute atomic E-state index is 0.148. The summed E-state index contributed by atoms with van der Waals surface area (Å²) in [5, 5.41) is 2.68. The van der Waals surface area contributed by atoms with Crippen molar-refractivity contribution < 1.29 is 0 Å². The first kappa shape index (κ1) is 37.6. The Morgan fingerprint density at radius 2 is 0.833 bits per heavy atom. The van der Waals surface area contributed by atoms with Gasteiger partial charge in [0.2, 0.25) is 0 Å². The summed E-state index contributed by atoms with van der Waals surface area (Å²) < 4.78 is 2.65. The molecule has 3 aliphatic carbocycles. The van der Waals surface area contributed by atoms with Crippen LogP contribution in [0.1, 0.15) is 47.2 Å². The van der Waals surface area contributed by atoms with Crippen molar-refractivity contribution in [1.29, 1.82) is 0 Å². The summed E-state index contributed by atoms with van der Waals surface area (Å²) in [5.41, 5.74) is 23.4. The van der Waals surface area contributed by atoms with E-state index < -0.39 is 5.41 Å². The second-order valence-corrected chi connectivity index (χ2v) is 19.8. The second kappa shape index (κ2) is 13.9. The van der Waals surface area contributed by atoms with Gasteiger partial charge in [-0.3, -0.25) is 0 Å². The molecule has 66 heavy (non-hydrogen) atoms. The molecule has 0 fully saturated rings. The average Bonchev–Trinajstić information content (AvgIpc) is 3.95. The molecule has 310 valence electrons. The molecule has 1 aromatic heterocycles. The molecule has 1 unspecified atom stereocenters. The van der Waals surface area contributed by atoms with E-state index in [9.17, 15) is 0 Å². The molecule has 1 heterocycles. The predicted octanol–water partition coefficient (Wildman–Crippen LogP) is 17.5. The number of anilines is 3. The molecule has 0 amide bonds. The van der Waals surface area contributed by atoms with Crippen LogP contribution in [0.3, 0.4) is 0 Å². The van der Waals surface area contributed by atoms with Crippen LogP contribution in [0.25, 0.3) is 75.8 Å². The Hall–Kier alpha value is -7.78. The van der Waals surface area contributed by atoms with E-state index in [4.69, 9.17) is 0 Å². The lowest BCUT2D eigenvalue weighted by Gasteiger charge is -2.36. The molecular formula is C64H43NS. The summed E-state index contributed by atoms with van der Waals surface area (Å²) in [6.45, 7) is 4.76. The third-order valence-corrected chi connectivity index (χ3v) is 16.2. The van der Waals surface area contributed by atoms with Crippen LogP contribution in [0.15, 0.2) is 224 Å². The van der Waals surface area contributed by atoms with Crippen molar-refractivity contribution in [2.24, 2.45) is 0 Å². The Morgan fingerprint density at radius 1 is 0.333 bits per heavy atom. The Balaban J connectivity index is 1.08. The molecule has 11 aromatic rings. The van der Waals surface area contributed by atoms with Gasteiger partial charge in [-0.1, -0.05) is 190 Å². The van der Waals surface area contributed by atoms with Gasteiger partial charge in [-0.15, -0.1) is 11.3 Å². The van der Waals surface area contributed by atoms with E-state index in [0.717, 1.165) is 17.1 Å². The number of hydrogen-bond acceptors (Lipinski definition) is 2. The predicted molar refractivity (Wildman–Crippen MR) is 279 cm³/mol. The van der Waals surface area contributed by atoms with Gasteiger partial charge >= 0.3 is 0 Å². The molecule has 2 heteroatoms. The highest BCUT2D eigenvalue weighted by molar-refractivity contribution is 7.26. The van der Waals surface area contributed by atoms with Gasteiger partial charge in [0.15, 0.2) is 0 Å². The van der Waals surface area contributed by atoms with Crippen LogP contribution in [-0.4, -0.2) is 0 Å². The zero-order valence-electron chi connectivity index (χ0n) is 36.7. The molecule has 0 aliphatic heterocycles. The standard InChI is InChI=1S/C64H43NS/c1-63(2)53-24-12-8-21-48(53)50-35-33-43(38-57(50)63)65(42-30-28-41(29-31-42)40-16-4-3-5-17-40)44-32-34-49-46-19-7-6-18-45(46)47-20-9-13-25-54(47)64(58(49)39-44)55-26-14-10-22-51(55)61-56(64)36-37-60-62(61)52-23-11-15-27-59(52)66-60/h3-39H,1-2H3. The first-order valence-corrected chi connectivity index (χ1v) is 23.9. The van der Waals surface area contributed by atoms with Gasteiger partial charge in [-0.2, -0.15) is 0 Å². The summed E-state index contributed by atoms with van der Waals surface area (Å²) >= 11 is 1.90. The van der Waals surface area contributed by atoms with Crippen molar-refractivity contribution in [3.63, 3.8) is 0 Å². The number of nitrogens with zero attached hydrogens (tertiary/aromatic N) is 1. The molecule has 1 atom stereocenters. The second-order valence-electron chi connectivity index (χ2n) is 18.7. The summed E-state index contributed by atoms with van der Waals surface area (Å²) in [7, 11) is 0. The van der Waals surface area contributed by atoms with E-state index >= 15 is 0 Å². The van der Waals surface area contributed by atoms with Crippen LogP contribution < -0.4 is 4.90 Å². The fraction of sp³-hybridized carbons (Fsp3) is 0.0625. The highest BCUT2D eigenvalue weighted by atomic mass is 32.1. The lowest BCUT2D eigenvalue weighted by atomic mass is 9.65. The molecule has 0 bridgehead atoms. The van der Waals surface area contributed by atoms with Crippen LogP contribution in [0.5, 0.6) is 0 Å².